The van der Waals surface area contributed by atoms with E-state index in [9.17, 15) is 0 Å². The standard InChI is InChI=1S/C14H15N3O/c15-12-1-2-14-11(7-12)5-10(3-4-18-14)6-13-8-16-9-17-13/h1-2,5,7-9H,3-4,6,15H2,(H,16,17). The first-order valence-corrected chi connectivity index (χ1v) is 6.00. The monoisotopic (exact) mass is 241 g/mol. The fraction of sp³-hybridized carbons (Fsp3) is 0.214. The predicted octanol–water partition coefficient (Wildman–Crippen LogP) is 2.40. The first-order chi connectivity index (χ1) is 8.81. The summed E-state index contributed by atoms with van der Waals surface area (Å²) >= 11 is 0. The van der Waals surface area contributed by atoms with Crippen LogP contribution in [0.1, 0.15) is 17.7 Å². The average Bonchev–Trinajstić information content (AvgIpc) is 2.76. The summed E-state index contributed by atoms with van der Waals surface area (Å²) in [5.74, 6) is 0.906. The SMILES string of the molecule is Nc1ccc2c(c1)C=C(Cc1cnc[nH]1)CCO2. The zero-order valence-electron chi connectivity index (χ0n) is 10.0. The lowest BCUT2D eigenvalue weighted by molar-refractivity contribution is 0.323. The smallest absolute Gasteiger partial charge is 0.126 e. The summed E-state index contributed by atoms with van der Waals surface area (Å²) in [4.78, 5) is 7.16. The van der Waals surface area contributed by atoms with Crippen LogP contribution < -0.4 is 10.5 Å². The molecular weight excluding hydrogens is 226 g/mol. The largest absolute Gasteiger partial charge is 0.493 e. The minimum Gasteiger partial charge on any atom is -0.493 e. The minimum absolute atomic E-state index is 0.705. The Morgan fingerprint density at radius 1 is 1.39 bits per heavy atom. The number of H-pyrrole nitrogens is 1. The maximum absolute atomic E-state index is 5.81. The topological polar surface area (TPSA) is 63.9 Å². The first-order valence-electron chi connectivity index (χ1n) is 6.00. The lowest BCUT2D eigenvalue weighted by Gasteiger charge is -2.05. The van der Waals surface area contributed by atoms with Crippen LogP contribution in [0.25, 0.3) is 6.08 Å². The summed E-state index contributed by atoms with van der Waals surface area (Å²) in [6, 6.07) is 5.75. The molecule has 0 spiro atoms. The highest BCUT2D eigenvalue weighted by atomic mass is 16.5. The van der Waals surface area contributed by atoms with Crippen LogP contribution in [0.15, 0.2) is 36.3 Å². The van der Waals surface area contributed by atoms with Crippen LogP contribution in [0.4, 0.5) is 5.69 Å². The molecule has 1 aliphatic heterocycles. The van der Waals surface area contributed by atoms with Crippen LogP contribution in [-0.2, 0) is 6.42 Å². The van der Waals surface area contributed by atoms with E-state index in [1.807, 2.05) is 24.4 Å². The van der Waals surface area contributed by atoms with Gasteiger partial charge in [-0.2, -0.15) is 0 Å². The lowest BCUT2D eigenvalue weighted by atomic mass is 10.0. The average molecular weight is 241 g/mol. The second-order valence-corrected chi connectivity index (χ2v) is 4.45. The molecule has 0 amide bonds. The Kier molecular flexibility index (Phi) is 2.76. The van der Waals surface area contributed by atoms with Crippen molar-refractivity contribution >= 4 is 11.8 Å². The van der Waals surface area contributed by atoms with Crippen LogP contribution in [-0.4, -0.2) is 16.6 Å². The van der Waals surface area contributed by atoms with Crippen LogP contribution in [0.2, 0.25) is 0 Å². The number of rotatable bonds is 2. The van der Waals surface area contributed by atoms with E-state index in [0.717, 1.165) is 35.5 Å². The van der Waals surface area contributed by atoms with E-state index in [-0.39, 0.29) is 0 Å². The van der Waals surface area contributed by atoms with Crippen LogP contribution in [0.3, 0.4) is 0 Å². The number of nitrogens with zero attached hydrogens (tertiary/aromatic N) is 1. The molecule has 0 radical (unpaired) electrons. The van der Waals surface area contributed by atoms with Gasteiger partial charge >= 0.3 is 0 Å². The third-order valence-corrected chi connectivity index (χ3v) is 3.05. The van der Waals surface area contributed by atoms with Gasteiger partial charge < -0.3 is 15.5 Å². The number of nitrogen functional groups attached to an aromatic ring is 1. The van der Waals surface area contributed by atoms with Gasteiger partial charge in [-0.3, -0.25) is 0 Å². The number of aromatic nitrogens is 2. The van der Waals surface area contributed by atoms with Gasteiger partial charge in [-0.05, 0) is 18.2 Å². The molecule has 0 unspecified atom stereocenters. The molecule has 1 aromatic heterocycles. The van der Waals surface area contributed by atoms with E-state index in [1.54, 1.807) is 6.33 Å². The summed E-state index contributed by atoms with van der Waals surface area (Å²) in [7, 11) is 0. The number of hydrogen-bond donors (Lipinski definition) is 2. The molecule has 3 rings (SSSR count). The fourth-order valence-corrected chi connectivity index (χ4v) is 2.16. The van der Waals surface area contributed by atoms with Crippen molar-refractivity contribution in [2.24, 2.45) is 0 Å². The Morgan fingerprint density at radius 2 is 2.33 bits per heavy atom. The van der Waals surface area contributed by atoms with Crippen molar-refractivity contribution in [2.75, 3.05) is 12.3 Å². The molecule has 0 bridgehead atoms. The number of benzene rings is 1. The molecule has 3 N–H and O–H groups in total. The number of aromatic amines is 1. The van der Waals surface area contributed by atoms with E-state index >= 15 is 0 Å². The molecule has 0 saturated heterocycles. The lowest BCUT2D eigenvalue weighted by Crippen LogP contribution is -1.98. The highest BCUT2D eigenvalue weighted by molar-refractivity contribution is 5.65. The molecule has 4 heteroatoms. The van der Waals surface area contributed by atoms with E-state index in [2.05, 4.69) is 16.0 Å². The van der Waals surface area contributed by atoms with Crippen molar-refractivity contribution in [3.8, 4) is 5.75 Å². The fourth-order valence-electron chi connectivity index (χ4n) is 2.16. The van der Waals surface area contributed by atoms with Gasteiger partial charge in [-0.15, -0.1) is 0 Å². The molecule has 1 aromatic carbocycles. The number of nitrogens with two attached hydrogens (primary N) is 1. The van der Waals surface area contributed by atoms with E-state index < -0.39 is 0 Å². The van der Waals surface area contributed by atoms with Gasteiger partial charge in [-0.25, -0.2) is 4.98 Å². The molecule has 92 valence electrons. The first kappa shape index (κ1) is 10.9. The minimum atomic E-state index is 0.705. The Morgan fingerprint density at radius 3 is 3.17 bits per heavy atom. The molecular formula is C14H15N3O. The summed E-state index contributed by atoms with van der Waals surface area (Å²) in [6.07, 6.45) is 7.52. The van der Waals surface area contributed by atoms with Crippen LogP contribution in [0.5, 0.6) is 5.75 Å². The number of fused-ring (bicyclic) bond motifs is 1. The van der Waals surface area contributed by atoms with Crippen LogP contribution in [0, 0.1) is 0 Å². The Labute approximate surface area is 106 Å². The van der Waals surface area contributed by atoms with E-state index in [0.29, 0.717) is 6.61 Å². The number of anilines is 1. The highest BCUT2D eigenvalue weighted by Crippen LogP contribution is 2.28. The molecule has 2 aromatic rings. The van der Waals surface area contributed by atoms with E-state index in [4.69, 9.17) is 10.5 Å². The van der Waals surface area contributed by atoms with Gasteiger partial charge in [0.2, 0.25) is 0 Å². The van der Waals surface area contributed by atoms with Crippen molar-refractivity contribution in [1.29, 1.82) is 0 Å². The van der Waals surface area contributed by atoms with Crippen LogP contribution >= 0.6 is 0 Å². The zero-order valence-corrected chi connectivity index (χ0v) is 10.0. The molecule has 4 nitrogen and oxygen atoms in total. The second-order valence-electron chi connectivity index (χ2n) is 4.45. The zero-order chi connectivity index (χ0) is 12.4. The second kappa shape index (κ2) is 4.56. The van der Waals surface area contributed by atoms with Gasteiger partial charge in [0.25, 0.3) is 0 Å². The normalized spacial score (nSPS) is 14.3. The summed E-state index contributed by atoms with van der Waals surface area (Å²) in [5.41, 5.74) is 10.1. The molecule has 2 heterocycles. The number of hydrogen-bond acceptors (Lipinski definition) is 3. The third kappa shape index (κ3) is 2.22. The Hall–Kier alpha value is -2.23. The molecule has 1 aliphatic rings. The third-order valence-electron chi connectivity index (χ3n) is 3.05. The van der Waals surface area contributed by atoms with Gasteiger partial charge in [-0.1, -0.05) is 11.6 Å². The van der Waals surface area contributed by atoms with Gasteiger partial charge in [0, 0.05) is 36.0 Å². The van der Waals surface area contributed by atoms with Gasteiger partial charge in [0.05, 0.1) is 12.9 Å². The van der Waals surface area contributed by atoms with Gasteiger partial charge in [0.1, 0.15) is 5.75 Å². The van der Waals surface area contributed by atoms with Crippen molar-refractivity contribution in [2.45, 2.75) is 12.8 Å². The Balaban J connectivity index is 1.91. The summed E-state index contributed by atoms with van der Waals surface area (Å²) in [6.45, 7) is 0.705. The summed E-state index contributed by atoms with van der Waals surface area (Å²) < 4.78 is 5.72. The van der Waals surface area contributed by atoms with Crippen molar-refractivity contribution < 1.29 is 4.74 Å². The predicted molar refractivity (Wildman–Crippen MR) is 71.2 cm³/mol. The summed E-state index contributed by atoms with van der Waals surface area (Å²) in [5, 5.41) is 0. The number of imidazole rings is 1. The molecule has 0 atom stereocenters. The van der Waals surface area contributed by atoms with Crippen molar-refractivity contribution in [3.63, 3.8) is 0 Å². The molecule has 18 heavy (non-hydrogen) atoms. The maximum atomic E-state index is 5.81. The quantitative estimate of drug-likeness (QED) is 0.793. The molecule has 0 aliphatic carbocycles. The molecule has 0 saturated carbocycles. The van der Waals surface area contributed by atoms with E-state index in [1.165, 1.54) is 5.57 Å². The van der Waals surface area contributed by atoms with Crippen molar-refractivity contribution in [3.05, 3.63) is 47.6 Å². The van der Waals surface area contributed by atoms with Crippen molar-refractivity contribution in [1.82, 2.24) is 9.97 Å². The Bertz CT molecular complexity index is 573. The number of ether oxygens (including phenoxy) is 1. The maximum Gasteiger partial charge on any atom is 0.126 e. The molecule has 0 fully saturated rings. The van der Waals surface area contributed by atoms with Gasteiger partial charge in [0.15, 0.2) is 0 Å². The number of nitrogens with one attached hydrogen (secondary N) is 1. The highest BCUT2D eigenvalue weighted by Gasteiger charge is 2.10.